The summed E-state index contributed by atoms with van der Waals surface area (Å²) in [5.74, 6) is 1.81. The second-order valence-corrected chi connectivity index (χ2v) is 5.68. The first-order valence-electron chi connectivity index (χ1n) is 8.11. The van der Waals surface area contributed by atoms with Gasteiger partial charge in [0.2, 0.25) is 0 Å². The molecule has 0 aromatic heterocycles. The van der Waals surface area contributed by atoms with Crippen LogP contribution < -0.4 is 4.74 Å². The fourth-order valence-electron chi connectivity index (χ4n) is 2.82. The maximum absolute atomic E-state index is 6.03. The van der Waals surface area contributed by atoms with Gasteiger partial charge >= 0.3 is 0 Å². The maximum Gasteiger partial charge on any atom is 0.128 e. The number of hydrogen-bond donors (Lipinski definition) is 0. The first-order chi connectivity index (χ1) is 10.9. The molecule has 0 spiro atoms. The molecule has 0 aliphatic carbocycles. The molecule has 1 heteroatoms. The Bertz CT molecular complexity index is 731. The van der Waals surface area contributed by atoms with Gasteiger partial charge < -0.3 is 4.74 Å². The average Bonchev–Trinajstić information content (AvgIpc) is 2.56. The fraction of sp³-hybridized carbons (Fsp3) is 0.238. The molecule has 3 aromatic rings. The van der Waals surface area contributed by atoms with Crippen molar-refractivity contribution in [2.45, 2.75) is 32.6 Å². The first-order valence-corrected chi connectivity index (χ1v) is 8.11. The molecular weight excluding hydrogens is 268 g/mol. The molecule has 3 rings (SSSR count). The molecular formula is C21H22O. The monoisotopic (exact) mass is 290 g/mol. The number of unbranched alkanes of at least 4 members (excludes halogenated alkanes) is 2. The van der Waals surface area contributed by atoms with Crippen molar-refractivity contribution in [3.63, 3.8) is 0 Å². The molecule has 0 heterocycles. The smallest absolute Gasteiger partial charge is 0.128 e. The molecule has 0 aliphatic rings. The predicted octanol–water partition coefficient (Wildman–Crippen LogP) is 6.36. The van der Waals surface area contributed by atoms with Crippen LogP contribution in [0.2, 0.25) is 0 Å². The summed E-state index contributed by atoms with van der Waals surface area (Å²) in [6, 6.07) is 22.9. The van der Waals surface area contributed by atoms with Gasteiger partial charge in [0.15, 0.2) is 0 Å². The predicted molar refractivity (Wildman–Crippen MR) is 93.7 cm³/mol. The Balaban J connectivity index is 1.93. The zero-order valence-electron chi connectivity index (χ0n) is 13.1. The number of para-hydroxylation sites is 1. The van der Waals surface area contributed by atoms with Gasteiger partial charge in [-0.1, -0.05) is 62.2 Å². The maximum atomic E-state index is 6.03. The summed E-state index contributed by atoms with van der Waals surface area (Å²) < 4.78 is 6.03. The van der Waals surface area contributed by atoms with E-state index < -0.39 is 0 Å². The summed E-state index contributed by atoms with van der Waals surface area (Å²) >= 11 is 0. The van der Waals surface area contributed by atoms with E-state index >= 15 is 0 Å². The normalized spacial score (nSPS) is 10.8. The van der Waals surface area contributed by atoms with E-state index in [2.05, 4.69) is 43.3 Å². The summed E-state index contributed by atoms with van der Waals surface area (Å²) in [7, 11) is 0. The fourth-order valence-corrected chi connectivity index (χ4v) is 2.82. The molecule has 0 bridgehead atoms. The van der Waals surface area contributed by atoms with Crippen molar-refractivity contribution in [3.05, 3.63) is 72.3 Å². The number of rotatable bonds is 6. The van der Waals surface area contributed by atoms with Gasteiger partial charge in [-0.2, -0.15) is 0 Å². The van der Waals surface area contributed by atoms with Crippen LogP contribution in [-0.2, 0) is 6.42 Å². The van der Waals surface area contributed by atoms with Crippen LogP contribution >= 0.6 is 0 Å². The highest BCUT2D eigenvalue weighted by atomic mass is 16.5. The molecule has 0 atom stereocenters. The van der Waals surface area contributed by atoms with Crippen molar-refractivity contribution in [1.29, 1.82) is 0 Å². The van der Waals surface area contributed by atoms with E-state index in [1.54, 1.807) is 0 Å². The molecule has 0 amide bonds. The number of hydrogen-bond acceptors (Lipinski definition) is 1. The molecule has 0 fully saturated rings. The van der Waals surface area contributed by atoms with Crippen LogP contribution in [0.5, 0.6) is 11.5 Å². The molecule has 0 saturated carbocycles. The van der Waals surface area contributed by atoms with Gasteiger partial charge in [0.25, 0.3) is 0 Å². The van der Waals surface area contributed by atoms with E-state index in [1.807, 2.05) is 30.3 Å². The van der Waals surface area contributed by atoms with Gasteiger partial charge in [-0.3, -0.25) is 0 Å². The number of aryl methyl sites for hydroxylation is 1. The Morgan fingerprint density at radius 3 is 2.36 bits per heavy atom. The lowest BCUT2D eigenvalue weighted by molar-refractivity contribution is 0.482. The zero-order chi connectivity index (χ0) is 15.2. The van der Waals surface area contributed by atoms with Crippen LogP contribution in [0.25, 0.3) is 10.8 Å². The Kier molecular flexibility index (Phi) is 4.75. The van der Waals surface area contributed by atoms with Gasteiger partial charge in [-0.15, -0.1) is 0 Å². The van der Waals surface area contributed by atoms with Crippen LogP contribution in [0.15, 0.2) is 66.7 Å². The summed E-state index contributed by atoms with van der Waals surface area (Å²) in [6.45, 7) is 2.24. The minimum Gasteiger partial charge on any atom is -0.457 e. The molecule has 1 nitrogen and oxygen atoms in total. The lowest BCUT2D eigenvalue weighted by Gasteiger charge is -2.11. The number of fused-ring (bicyclic) bond motifs is 1. The average molecular weight is 290 g/mol. The van der Waals surface area contributed by atoms with Crippen LogP contribution in [0.3, 0.4) is 0 Å². The van der Waals surface area contributed by atoms with E-state index in [0.717, 1.165) is 17.9 Å². The highest BCUT2D eigenvalue weighted by molar-refractivity contribution is 5.87. The molecule has 3 aromatic carbocycles. The van der Waals surface area contributed by atoms with Gasteiger partial charge in [-0.05, 0) is 53.4 Å². The summed E-state index contributed by atoms with van der Waals surface area (Å²) in [4.78, 5) is 0. The molecule has 0 N–H and O–H groups in total. The third kappa shape index (κ3) is 3.48. The minimum atomic E-state index is 0.886. The van der Waals surface area contributed by atoms with E-state index in [0.29, 0.717) is 0 Å². The van der Waals surface area contributed by atoms with E-state index in [9.17, 15) is 0 Å². The lowest BCUT2D eigenvalue weighted by Crippen LogP contribution is -1.91. The van der Waals surface area contributed by atoms with Crippen LogP contribution in [0.1, 0.15) is 31.7 Å². The van der Waals surface area contributed by atoms with Gasteiger partial charge in [0.1, 0.15) is 11.5 Å². The zero-order valence-corrected chi connectivity index (χ0v) is 13.1. The van der Waals surface area contributed by atoms with Crippen LogP contribution in [0.4, 0.5) is 0 Å². The molecule has 22 heavy (non-hydrogen) atoms. The lowest BCUT2D eigenvalue weighted by atomic mass is 9.99. The largest absolute Gasteiger partial charge is 0.457 e. The topological polar surface area (TPSA) is 9.23 Å². The number of ether oxygens (including phenoxy) is 1. The highest BCUT2D eigenvalue weighted by Gasteiger charge is 2.06. The second kappa shape index (κ2) is 7.13. The third-order valence-corrected chi connectivity index (χ3v) is 3.95. The summed E-state index contributed by atoms with van der Waals surface area (Å²) in [6.07, 6.45) is 4.87. The van der Waals surface area contributed by atoms with E-state index in [-0.39, 0.29) is 0 Å². The Morgan fingerprint density at radius 2 is 1.55 bits per heavy atom. The quantitative estimate of drug-likeness (QED) is 0.480. The van der Waals surface area contributed by atoms with Gasteiger partial charge in [0, 0.05) is 0 Å². The molecule has 0 unspecified atom stereocenters. The van der Waals surface area contributed by atoms with Crippen molar-refractivity contribution >= 4 is 10.8 Å². The summed E-state index contributed by atoms with van der Waals surface area (Å²) in [5, 5.41) is 2.60. The SMILES string of the molecule is CCCCCc1cc(Oc2ccccc2)cc2ccccc12. The van der Waals surface area contributed by atoms with Crippen LogP contribution in [0, 0.1) is 0 Å². The third-order valence-electron chi connectivity index (χ3n) is 3.95. The standard InChI is InChI=1S/C21H22O/c1-2-3-5-10-17-15-20(22-19-12-6-4-7-13-19)16-18-11-8-9-14-21(17)18/h4,6-9,11-16H,2-3,5,10H2,1H3. The van der Waals surface area contributed by atoms with Crippen molar-refractivity contribution in [3.8, 4) is 11.5 Å². The van der Waals surface area contributed by atoms with Crippen molar-refractivity contribution in [1.82, 2.24) is 0 Å². The summed E-state index contributed by atoms with van der Waals surface area (Å²) in [5.41, 5.74) is 1.39. The Morgan fingerprint density at radius 1 is 0.773 bits per heavy atom. The van der Waals surface area contributed by atoms with Crippen molar-refractivity contribution in [2.75, 3.05) is 0 Å². The van der Waals surface area contributed by atoms with Gasteiger partial charge in [0.05, 0.1) is 0 Å². The minimum absolute atomic E-state index is 0.886. The highest BCUT2D eigenvalue weighted by Crippen LogP contribution is 2.29. The Hall–Kier alpha value is -2.28. The van der Waals surface area contributed by atoms with Crippen molar-refractivity contribution in [2.24, 2.45) is 0 Å². The second-order valence-electron chi connectivity index (χ2n) is 5.68. The van der Waals surface area contributed by atoms with Gasteiger partial charge in [-0.25, -0.2) is 0 Å². The molecule has 0 saturated heterocycles. The first kappa shape index (κ1) is 14.6. The Labute approximate surface area is 132 Å². The molecule has 0 radical (unpaired) electrons. The molecule has 0 aliphatic heterocycles. The van der Waals surface area contributed by atoms with Crippen molar-refractivity contribution < 1.29 is 4.74 Å². The van der Waals surface area contributed by atoms with Crippen LogP contribution in [-0.4, -0.2) is 0 Å². The van der Waals surface area contributed by atoms with E-state index in [1.165, 1.54) is 35.6 Å². The van der Waals surface area contributed by atoms with E-state index in [4.69, 9.17) is 4.74 Å². The molecule has 112 valence electrons. The number of benzene rings is 3.